The summed E-state index contributed by atoms with van der Waals surface area (Å²) >= 11 is 0. The molecule has 2 aromatic rings. The SMILES string of the molecule is Cc1cc(N2CCC(Nc3ccc(F)cc3)CC2)ccc1[N+](=O)[O-]. The van der Waals surface area contributed by atoms with Gasteiger partial charge in [0, 0.05) is 42.1 Å². The van der Waals surface area contributed by atoms with Gasteiger partial charge in [-0.1, -0.05) is 0 Å². The maximum absolute atomic E-state index is 12.9. The molecule has 3 rings (SSSR count). The highest BCUT2D eigenvalue weighted by Crippen LogP contribution is 2.27. The van der Waals surface area contributed by atoms with Gasteiger partial charge in [-0.25, -0.2) is 4.39 Å². The third-order valence-electron chi connectivity index (χ3n) is 4.45. The van der Waals surface area contributed by atoms with Crippen LogP contribution in [0.25, 0.3) is 0 Å². The predicted molar refractivity (Wildman–Crippen MR) is 93.1 cm³/mol. The minimum Gasteiger partial charge on any atom is -0.382 e. The Bertz CT molecular complexity index is 726. The third-order valence-corrected chi connectivity index (χ3v) is 4.45. The molecule has 1 aliphatic rings. The summed E-state index contributed by atoms with van der Waals surface area (Å²) in [5.74, 6) is -0.232. The Morgan fingerprint density at radius 1 is 1.17 bits per heavy atom. The van der Waals surface area contributed by atoms with E-state index in [1.165, 1.54) is 12.1 Å². The molecule has 0 spiro atoms. The summed E-state index contributed by atoms with van der Waals surface area (Å²) in [6.07, 6.45) is 1.93. The van der Waals surface area contributed by atoms with Crippen molar-refractivity contribution in [2.45, 2.75) is 25.8 Å². The van der Waals surface area contributed by atoms with E-state index in [0.29, 0.717) is 11.6 Å². The van der Waals surface area contributed by atoms with E-state index in [4.69, 9.17) is 0 Å². The monoisotopic (exact) mass is 329 g/mol. The minimum atomic E-state index is -0.349. The number of hydrogen-bond donors (Lipinski definition) is 1. The van der Waals surface area contributed by atoms with Gasteiger partial charge in [0.1, 0.15) is 5.82 Å². The molecule has 1 fully saturated rings. The molecule has 0 amide bonds. The first-order valence-electron chi connectivity index (χ1n) is 8.05. The van der Waals surface area contributed by atoms with Gasteiger partial charge in [0.15, 0.2) is 0 Å². The molecule has 2 aromatic carbocycles. The van der Waals surface area contributed by atoms with E-state index in [-0.39, 0.29) is 16.4 Å². The number of hydrogen-bond acceptors (Lipinski definition) is 4. The highest BCUT2D eigenvalue weighted by Gasteiger charge is 2.20. The fourth-order valence-electron chi connectivity index (χ4n) is 3.11. The van der Waals surface area contributed by atoms with E-state index in [1.807, 2.05) is 12.1 Å². The number of nitro benzene ring substituents is 1. The zero-order valence-electron chi connectivity index (χ0n) is 13.5. The topological polar surface area (TPSA) is 58.4 Å². The highest BCUT2D eigenvalue weighted by molar-refractivity contribution is 5.55. The van der Waals surface area contributed by atoms with Crippen LogP contribution < -0.4 is 10.2 Å². The van der Waals surface area contributed by atoms with Crippen LogP contribution in [0.5, 0.6) is 0 Å². The van der Waals surface area contributed by atoms with E-state index in [0.717, 1.165) is 37.3 Å². The molecule has 1 aliphatic heterocycles. The van der Waals surface area contributed by atoms with E-state index < -0.39 is 0 Å². The first-order chi connectivity index (χ1) is 11.5. The van der Waals surface area contributed by atoms with Crippen LogP contribution in [0.2, 0.25) is 0 Å². The van der Waals surface area contributed by atoms with E-state index >= 15 is 0 Å². The van der Waals surface area contributed by atoms with Gasteiger partial charge in [0.05, 0.1) is 4.92 Å². The van der Waals surface area contributed by atoms with Crippen molar-refractivity contribution in [1.82, 2.24) is 0 Å². The molecule has 5 nitrogen and oxygen atoms in total. The maximum atomic E-state index is 12.9. The number of nitrogens with zero attached hydrogens (tertiary/aromatic N) is 2. The average Bonchev–Trinajstić information content (AvgIpc) is 2.57. The van der Waals surface area contributed by atoms with Gasteiger partial charge >= 0.3 is 0 Å². The van der Waals surface area contributed by atoms with Crippen LogP contribution in [0.4, 0.5) is 21.5 Å². The lowest BCUT2D eigenvalue weighted by molar-refractivity contribution is -0.385. The Morgan fingerprint density at radius 2 is 1.83 bits per heavy atom. The number of benzene rings is 2. The van der Waals surface area contributed by atoms with E-state index in [9.17, 15) is 14.5 Å². The lowest BCUT2D eigenvalue weighted by Crippen LogP contribution is -2.39. The highest BCUT2D eigenvalue weighted by atomic mass is 19.1. The summed E-state index contributed by atoms with van der Waals surface area (Å²) < 4.78 is 12.9. The second-order valence-electron chi connectivity index (χ2n) is 6.14. The van der Waals surface area contributed by atoms with Crippen molar-refractivity contribution in [1.29, 1.82) is 0 Å². The van der Waals surface area contributed by atoms with Crippen molar-refractivity contribution in [2.24, 2.45) is 0 Å². The minimum absolute atomic E-state index is 0.159. The van der Waals surface area contributed by atoms with E-state index in [2.05, 4.69) is 10.2 Å². The summed E-state index contributed by atoms with van der Waals surface area (Å²) in [6, 6.07) is 12.0. The van der Waals surface area contributed by atoms with Crippen molar-refractivity contribution in [2.75, 3.05) is 23.3 Å². The summed E-state index contributed by atoms with van der Waals surface area (Å²) in [4.78, 5) is 12.8. The van der Waals surface area contributed by atoms with Crippen molar-refractivity contribution in [3.63, 3.8) is 0 Å². The Hall–Kier alpha value is -2.63. The fourth-order valence-corrected chi connectivity index (χ4v) is 3.11. The van der Waals surface area contributed by atoms with E-state index in [1.54, 1.807) is 25.1 Å². The van der Waals surface area contributed by atoms with Crippen molar-refractivity contribution in [3.8, 4) is 0 Å². The molecule has 0 aromatic heterocycles. The normalized spacial score (nSPS) is 15.3. The number of piperidine rings is 1. The lowest BCUT2D eigenvalue weighted by Gasteiger charge is -2.34. The van der Waals surface area contributed by atoms with Crippen molar-refractivity contribution in [3.05, 3.63) is 64.0 Å². The van der Waals surface area contributed by atoms with Gasteiger partial charge in [0.25, 0.3) is 5.69 Å². The van der Waals surface area contributed by atoms with Gasteiger partial charge in [-0.05, 0) is 56.2 Å². The van der Waals surface area contributed by atoms with Crippen molar-refractivity contribution < 1.29 is 9.31 Å². The van der Waals surface area contributed by atoms with Gasteiger partial charge in [-0.2, -0.15) is 0 Å². The van der Waals surface area contributed by atoms with Gasteiger partial charge < -0.3 is 10.2 Å². The first kappa shape index (κ1) is 16.2. The molecular formula is C18H20FN3O2. The average molecular weight is 329 g/mol. The smallest absolute Gasteiger partial charge is 0.272 e. The number of nitro groups is 1. The second-order valence-corrected chi connectivity index (χ2v) is 6.14. The van der Waals surface area contributed by atoms with Crippen molar-refractivity contribution >= 4 is 17.1 Å². The van der Waals surface area contributed by atoms with Crippen LogP contribution in [0.15, 0.2) is 42.5 Å². The summed E-state index contributed by atoms with van der Waals surface area (Å²) in [5.41, 5.74) is 2.80. The Kier molecular flexibility index (Phi) is 4.64. The van der Waals surface area contributed by atoms with Crippen LogP contribution in [-0.4, -0.2) is 24.1 Å². The quantitative estimate of drug-likeness (QED) is 0.677. The Labute approximate surface area is 140 Å². The van der Waals surface area contributed by atoms with Crippen LogP contribution in [-0.2, 0) is 0 Å². The van der Waals surface area contributed by atoms with Gasteiger partial charge in [0.2, 0.25) is 0 Å². The molecule has 0 radical (unpaired) electrons. The Morgan fingerprint density at radius 3 is 2.42 bits per heavy atom. The number of aryl methyl sites for hydroxylation is 1. The molecule has 0 bridgehead atoms. The molecular weight excluding hydrogens is 309 g/mol. The third kappa shape index (κ3) is 3.64. The molecule has 0 atom stereocenters. The number of rotatable bonds is 4. The Balaban J connectivity index is 1.59. The zero-order chi connectivity index (χ0) is 17.1. The maximum Gasteiger partial charge on any atom is 0.272 e. The fraction of sp³-hybridized carbons (Fsp3) is 0.333. The van der Waals surface area contributed by atoms with Crippen LogP contribution >= 0.6 is 0 Å². The van der Waals surface area contributed by atoms with Crippen LogP contribution in [0, 0.1) is 22.9 Å². The molecule has 0 saturated carbocycles. The molecule has 1 N–H and O–H groups in total. The predicted octanol–water partition coefficient (Wildman–Crippen LogP) is 4.12. The molecule has 24 heavy (non-hydrogen) atoms. The largest absolute Gasteiger partial charge is 0.382 e. The van der Waals surface area contributed by atoms with Crippen LogP contribution in [0.3, 0.4) is 0 Å². The standard InChI is InChI=1S/C18H20FN3O2/c1-13-12-17(6-7-18(13)22(23)24)21-10-8-16(9-11-21)20-15-4-2-14(19)3-5-15/h2-7,12,16,20H,8-11H2,1H3. The molecule has 0 unspecified atom stereocenters. The zero-order valence-corrected chi connectivity index (χ0v) is 13.5. The number of nitrogens with one attached hydrogen (secondary N) is 1. The number of halogens is 1. The molecule has 0 aliphatic carbocycles. The first-order valence-corrected chi connectivity index (χ1v) is 8.05. The molecule has 1 heterocycles. The second kappa shape index (κ2) is 6.86. The summed E-state index contributed by atoms with van der Waals surface area (Å²) in [7, 11) is 0. The molecule has 126 valence electrons. The molecule has 6 heteroatoms. The summed E-state index contributed by atoms with van der Waals surface area (Å²) in [6.45, 7) is 3.54. The summed E-state index contributed by atoms with van der Waals surface area (Å²) in [5, 5.41) is 14.3. The lowest BCUT2D eigenvalue weighted by atomic mass is 10.0. The van der Waals surface area contributed by atoms with Gasteiger partial charge in [-0.3, -0.25) is 10.1 Å². The molecule has 1 saturated heterocycles. The van der Waals surface area contributed by atoms with Crippen LogP contribution in [0.1, 0.15) is 18.4 Å². The number of anilines is 2. The van der Waals surface area contributed by atoms with Gasteiger partial charge in [-0.15, -0.1) is 0 Å².